The number of amidine groups is 1. The van der Waals surface area contributed by atoms with Crippen molar-refractivity contribution < 1.29 is 4.79 Å². The van der Waals surface area contributed by atoms with Crippen LogP contribution < -0.4 is 10.6 Å². The predicted octanol–water partition coefficient (Wildman–Crippen LogP) is 2.20. The van der Waals surface area contributed by atoms with Crippen LogP contribution in [0.15, 0.2) is 35.3 Å². The number of nitrogens with zero attached hydrogens (tertiary/aromatic N) is 1. The third-order valence-electron chi connectivity index (χ3n) is 3.19. The zero-order valence-electron chi connectivity index (χ0n) is 12.8. The number of aliphatic imine (C=N–C) groups is 1. The third-order valence-corrected chi connectivity index (χ3v) is 4.24. The molecule has 2 rings (SSSR count). The lowest BCUT2D eigenvalue weighted by Gasteiger charge is -2.16. The van der Waals surface area contributed by atoms with Crippen LogP contribution in [-0.2, 0) is 11.2 Å². The molecule has 0 bridgehead atoms. The first-order valence-electron chi connectivity index (χ1n) is 7.36. The van der Waals surface area contributed by atoms with Crippen molar-refractivity contribution in [2.45, 2.75) is 45.3 Å². The molecular formula is C16H23N3OS. The molecule has 21 heavy (non-hydrogen) atoms. The fraction of sp³-hybridized carbons (Fsp3) is 0.500. The van der Waals surface area contributed by atoms with Gasteiger partial charge in [0.2, 0.25) is 5.91 Å². The first kappa shape index (κ1) is 15.9. The molecule has 1 amide bonds. The van der Waals surface area contributed by atoms with E-state index in [-0.39, 0.29) is 18.0 Å². The van der Waals surface area contributed by atoms with Crippen molar-refractivity contribution in [1.82, 2.24) is 10.6 Å². The van der Waals surface area contributed by atoms with Crippen LogP contribution >= 0.6 is 11.8 Å². The van der Waals surface area contributed by atoms with Crippen molar-refractivity contribution in [3.63, 3.8) is 0 Å². The molecular weight excluding hydrogens is 282 g/mol. The average Bonchev–Trinajstić information content (AvgIpc) is 2.86. The minimum Gasteiger partial charge on any atom is -0.353 e. The lowest BCUT2D eigenvalue weighted by molar-refractivity contribution is -0.122. The van der Waals surface area contributed by atoms with Gasteiger partial charge in [-0.25, -0.2) is 0 Å². The number of hydrogen-bond acceptors (Lipinski definition) is 4. The van der Waals surface area contributed by atoms with Gasteiger partial charge in [-0.05, 0) is 32.8 Å². The smallest absolute Gasteiger partial charge is 0.242 e. The molecule has 1 aromatic rings. The molecule has 0 spiro atoms. The number of hydrogen-bond donors (Lipinski definition) is 2. The average molecular weight is 305 g/mol. The van der Waals surface area contributed by atoms with E-state index >= 15 is 0 Å². The molecule has 2 unspecified atom stereocenters. The molecule has 1 heterocycles. The summed E-state index contributed by atoms with van der Waals surface area (Å²) in [6.45, 7) is 5.79. The number of nitrogens with one attached hydrogen (secondary N) is 2. The maximum atomic E-state index is 11.9. The monoisotopic (exact) mass is 305 g/mol. The molecule has 0 saturated heterocycles. The maximum absolute atomic E-state index is 11.9. The first-order valence-corrected chi connectivity index (χ1v) is 8.34. The summed E-state index contributed by atoms with van der Waals surface area (Å²) in [6.07, 6.45) is 0.950. The van der Waals surface area contributed by atoms with E-state index in [1.54, 1.807) is 11.8 Å². The van der Waals surface area contributed by atoms with Crippen molar-refractivity contribution >= 4 is 22.8 Å². The zero-order chi connectivity index (χ0) is 15.2. The Kier molecular flexibility index (Phi) is 5.67. The van der Waals surface area contributed by atoms with Gasteiger partial charge in [-0.2, -0.15) is 0 Å². The molecule has 0 aliphatic carbocycles. The lowest BCUT2D eigenvalue weighted by atomic mass is 10.1. The molecule has 114 valence electrons. The predicted molar refractivity (Wildman–Crippen MR) is 89.7 cm³/mol. The van der Waals surface area contributed by atoms with E-state index in [1.807, 2.05) is 26.8 Å². The number of rotatable bonds is 5. The normalized spacial score (nSPS) is 19.2. The van der Waals surface area contributed by atoms with Crippen LogP contribution in [0.4, 0.5) is 0 Å². The highest BCUT2D eigenvalue weighted by Gasteiger charge is 2.22. The summed E-state index contributed by atoms with van der Waals surface area (Å²) in [7, 11) is 0. The van der Waals surface area contributed by atoms with Gasteiger partial charge >= 0.3 is 0 Å². The van der Waals surface area contributed by atoms with Crippen molar-refractivity contribution in [3.8, 4) is 0 Å². The van der Waals surface area contributed by atoms with Gasteiger partial charge in [0, 0.05) is 11.8 Å². The van der Waals surface area contributed by atoms with Crippen LogP contribution in [0.25, 0.3) is 0 Å². The number of carbonyl (C=O) groups is 1. The largest absolute Gasteiger partial charge is 0.353 e. The van der Waals surface area contributed by atoms with E-state index < -0.39 is 0 Å². The third kappa shape index (κ3) is 5.08. The standard InChI is InChI=1S/C16H23N3OS/c1-11(2)17-15(20)12(3)18-16-19-14(10-21-16)9-13-7-5-4-6-8-13/h4-8,11-12,14H,9-10H2,1-3H3,(H,17,20)(H,18,19). The minimum absolute atomic E-state index is 0.0137. The molecule has 1 aromatic carbocycles. The van der Waals surface area contributed by atoms with E-state index in [4.69, 9.17) is 0 Å². The molecule has 0 aromatic heterocycles. The van der Waals surface area contributed by atoms with Crippen LogP contribution in [0.3, 0.4) is 0 Å². The quantitative estimate of drug-likeness (QED) is 0.877. The lowest BCUT2D eigenvalue weighted by Crippen LogP contribution is -2.45. The van der Waals surface area contributed by atoms with Crippen LogP contribution in [-0.4, -0.2) is 35.0 Å². The van der Waals surface area contributed by atoms with Gasteiger partial charge in [-0.1, -0.05) is 42.1 Å². The Hall–Kier alpha value is -1.49. The highest BCUT2D eigenvalue weighted by atomic mass is 32.2. The summed E-state index contributed by atoms with van der Waals surface area (Å²) in [6, 6.07) is 10.6. The van der Waals surface area contributed by atoms with Crippen LogP contribution in [0.1, 0.15) is 26.3 Å². The van der Waals surface area contributed by atoms with Crippen LogP contribution in [0.2, 0.25) is 0 Å². The SMILES string of the molecule is CC(C)NC(=O)C(C)NC1=NC(Cc2ccccc2)CS1. The summed E-state index contributed by atoms with van der Waals surface area (Å²) < 4.78 is 0. The number of amides is 1. The Morgan fingerprint density at radius 2 is 2.05 bits per heavy atom. The van der Waals surface area contributed by atoms with E-state index in [9.17, 15) is 4.79 Å². The van der Waals surface area contributed by atoms with Crippen molar-refractivity contribution in [3.05, 3.63) is 35.9 Å². The Labute approximate surface area is 130 Å². The summed E-state index contributed by atoms with van der Waals surface area (Å²) in [4.78, 5) is 16.5. The van der Waals surface area contributed by atoms with Crippen molar-refractivity contribution in [1.29, 1.82) is 0 Å². The van der Waals surface area contributed by atoms with Gasteiger partial charge in [0.15, 0.2) is 5.17 Å². The molecule has 1 aliphatic rings. The number of benzene rings is 1. The van der Waals surface area contributed by atoms with Gasteiger partial charge in [0.25, 0.3) is 0 Å². The number of carbonyl (C=O) groups excluding carboxylic acids is 1. The molecule has 0 radical (unpaired) electrons. The molecule has 0 saturated carbocycles. The van der Waals surface area contributed by atoms with E-state index in [1.165, 1.54) is 5.56 Å². The minimum atomic E-state index is -0.255. The molecule has 4 nitrogen and oxygen atoms in total. The molecule has 2 atom stereocenters. The Morgan fingerprint density at radius 3 is 2.71 bits per heavy atom. The summed E-state index contributed by atoms with van der Waals surface area (Å²) >= 11 is 1.69. The van der Waals surface area contributed by atoms with Gasteiger partial charge in [0.05, 0.1) is 6.04 Å². The Bertz CT molecular complexity index is 502. The second-order valence-corrected chi connectivity index (χ2v) is 6.63. The molecule has 5 heteroatoms. The fourth-order valence-electron chi connectivity index (χ4n) is 2.15. The second-order valence-electron chi connectivity index (χ2n) is 5.62. The van der Waals surface area contributed by atoms with Gasteiger partial charge in [-0.15, -0.1) is 0 Å². The molecule has 2 N–H and O–H groups in total. The highest BCUT2D eigenvalue weighted by Crippen LogP contribution is 2.20. The molecule has 1 aliphatic heterocycles. The summed E-state index contributed by atoms with van der Waals surface area (Å²) in [5, 5.41) is 6.98. The van der Waals surface area contributed by atoms with Gasteiger partial charge in [0.1, 0.15) is 6.04 Å². The highest BCUT2D eigenvalue weighted by molar-refractivity contribution is 8.14. The Morgan fingerprint density at radius 1 is 1.33 bits per heavy atom. The summed E-state index contributed by atoms with van der Waals surface area (Å²) in [5.74, 6) is 0.982. The first-order chi connectivity index (χ1) is 10.0. The second kappa shape index (κ2) is 7.50. The molecule has 0 fully saturated rings. The zero-order valence-corrected chi connectivity index (χ0v) is 13.6. The van der Waals surface area contributed by atoms with Crippen LogP contribution in [0, 0.1) is 0 Å². The fourth-order valence-corrected chi connectivity index (χ4v) is 3.17. The van der Waals surface area contributed by atoms with E-state index in [2.05, 4.69) is 39.9 Å². The van der Waals surface area contributed by atoms with E-state index in [0.29, 0.717) is 6.04 Å². The van der Waals surface area contributed by atoms with Crippen molar-refractivity contribution in [2.24, 2.45) is 4.99 Å². The Balaban J connectivity index is 1.85. The topological polar surface area (TPSA) is 53.5 Å². The van der Waals surface area contributed by atoms with Crippen molar-refractivity contribution in [2.75, 3.05) is 5.75 Å². The maximum Gasteiger partial charge on any atom is 0.242 e. The summed E-state index contributed by atoms with van der Waals surface area (Å²) in [5.41, 5.74) is 1.30. The van der Waals surface area contributed by atoms with E-state index in [0.717, 1.165) is 17.3 Å². The number of thioether (sulfide) groups is 1. The van der Waals surface area contributed by atoms with Crippen LogP contribution in [0.5, 0.6) is 0 Å². The van der Waals surface area contributed by atoms with Gasteiger partial charge < -0.3 is 10.6 Å². The van der Waals surface area contributed by atoms with Gasteiger partial charge in [-0.3, -0.25) is 9.79 Å².